The SMILES string of the molecule is Cc1ccc(OCC(=O)c2ccc(F)c(F)c2)cc1C. The summed E-state index contributed by atoms with van der Waals surface area (Å²) in [5, 5.41) is 0. The highest BCUT2D eigenvalue weighted by molar-refractivity contribution is 5.97. The van der Waals surface area contributed by atoms with Crippen LogP contribution in [0.3, 0.4) is 0 Å². The predicted octanol–water partition coefficient (Wildman–Crippen LogP) is 3.84. The smallest absolute Gasteiger partial charge is 0.200 e. The van der Waals surface area contributed by atoms with Crippen molar-refractivity contribution in [3.8, 4) is 5.75 Å². The summed E-state index contributed by atoms with van der Waals surface area (Å²) in [7, 11) is 0. The van der Waals surface area contributed by atoms with Crippen LogP contribution in [-0.4, -0.2) is 12.4 Å². The number of benzene rings is 2. The third-order valence-corrected chi connectivity index (χ3v) is 3.09. The fraction of sp³-hybridized carbons (Fsp3) is 0.188. The number of ether oxygens (including phenoxy) is 1. The van der Waals surface area contributed by atoms with Crippen molar-refractivity contribution in [1.82, 2.24) is 0 Å². The number of carbonyl (C=O) groups is 1. The van der Waals surface area contributed by atoms with Gasteiger partial charge in [0.05, 0.1) is 0 Å². The first kappa shape index (κ1) is 14.2. The highest BCUT2D eigenvalue weighted by Crippen LogP contribution is 2.17. The molecule has 2 nitrogen and oxygen atoms in total. The molecule has 0 saturated carbocycles. The van der Waals surface area contributed by atoms with Crippen LogP contribution in [0.15, 0.2) is 36.4 Å². The zero-order valence-corrected chi connectivity index (χ0v) is 11.2. The summed E-state index contributed by atoms with van der Waals surface area (Å²) >= 11 is 0. The van der Waals surface area contributed by atoms with Crippen molar-refractivity contribution < 1.29 is 18.3 Å². The van der Waals surface area contributed by atoms with E-state index >= 15 is 0 Å². The van der Waals surface area contributed by atoms with E-state index in [1.54, 1.807) is 6.07 Å². The lowest BCUT2D eigenvalue weighted by Crippen LogP contribution is -2.12. The zero-order chi connectivity index (χ0) is 14.7. The molecule has 0 bridgehead atoms. The fourth-order valence-electron chi connectivity index (χ4n) is 1.71. The maximum atomic E-state index is 13.0. The van der Waals surface area contributed by atoms with Gasteiger partial charge >= 0.3 is 0 Å². The molecule has 0 N–H and O–H groups in total. The first-order valence-corrected chi connectivity index (χ1v) is 6.15. The highest BCUT2D eigenvalue weighted by atomic mass is 19.2. The van der Waals surface area contributed by atoms with Crippen LogP contribution in [0.4, 0.5) is 8.78 Å². The van der Waals surface area contributed by atoms with E-state index in [-0.39, 0.29) is 12.2 Å². The molecule has 0 radical (unpaired) electrons. The standard InChI is InChI=1S/C16H14F2O2/c1-10-3-5-13(7-11(10)2)20-9-16(19)12-4-6-14(17)15(18)8-12/h3-8H,9H2,1-2H3. The van der Waals surface area contributed by atoms with Gasteiger partial charge in [-0.25, -0.2) is 8.78 Å². The van der Waals surface area contributed by atoms with Crippen LogP contribution >= 0.6 is 0 Å². The quantitative estimate of drug-likeness (QED) is 0.793. The fourth-order valence-corrected chi connectivity index (χ4v) is 1.71. The Kier molecular flexibility index (Phi) is 4.13. The summed E-state index contributed by atoms with van der Waals surface area (Å²) in [6.07, 6.45) is 0. The minimum Gasteiger partial charge on any atom is -0.485 e. The van der Waals surface area contributed by atoms with Gasteiger partial charge in [-0.05, 0) is 55.3 Å². The van der Waals surface area contributed by atoms with Crippen LogP contribution in [0.5, 0.6) is 5.75 Å². The van der Waals surface area contributed by atoms with Crippen LogP contribution in [-0.2, 0) is 0 Å². The summed E-state index contributed by atoms with van der Waals surface area (Å²) in [5.74, 6) is -1.84. The number of Topliss-reactive ketones (excluding diaryl/α,β-unsaturated/α-hetero) is 1. The van der Waals surface area contributed by atoms with Crippen molar-refractivity contribution in [2.75, 3.05) is 6.61 Å². The molecule has 0 aliphatic rings. The van der Waals surface area contributed by atoms with E-state index in [0.717, 1.165) is 23.3 Å². The van der Waals surface area contributed by atoms with Gasteiger partial charge in [0.2, 0.25) is 0 Å². The third-order valence-electron chi connectivity index (χ3n) is 3.09. The van der Waals surface area contributed by atoms with Crippen molar-refractivity contribution >= 4 is 5.78 Å². The Morgan fingerprint density at radius 1 is 1.00 bits per heavy atom. The number of aryl methyl sites for hydroxylation is 2. The molecular formula is C16H14F2O2. The Labute approximate surface area is 116 Å². The van der Waals surface area contributed by atoms with Crippen LogP contribution in [0.25, 0.3) is 0 Å². The van der Waals surface area contributed by atoms with Gasteiger partial charge < -0.3 is 4.74 Å². The van der Waals surface area contributed by atoms with Gasteiger partial charge in [-0.2, -0.15) is 0 Å². The van der Waals surface area contributed by atoms with Crippen molar-refractivity contribution in [2.45, 2.75) is 13.8 Å². The maximum Gasteiger partial charge on any atom is 0.200 e. The highest BCUT2D eigenvalue weighted by Gasteiger charge is 2.10. The molecule has 0 saturated heterocycles. The molecule has 2 rings (SSSR count). The molecule has 0 atom stereocenters. The van der Waals surface area contributed by atoms with Crippen LogP contribution < -0.4 is 4.74 Å². The lowest BCUT2D eigenvalue weighted by Gasteiger charge is -2.08. The Morgan fingerprint density at radius 3 is 2.40 bits per heavy atom. The topological polar surface area (TPSA) is 26.3 Å². The molecule has 2 aromatic rings. The minimum atomic E-state index is -1.04. The second kappa shape index (κ2) is 5.82. The van der Waals surface area contributed by atoms with E-state index in [0.29, 0.717) is 5.75 Å². The lowest BCUT2D eigenvalue weighted by molar-refractivity contribution is 0.0921. The number of hydrogen-bond acceptors (Lipinski definition) is 2. The molecule has 0 heterocycles. The molecule has 0 unspecified atom stereocenters. The van der Waals surface area contributed by atoms with E-state index in [1.165, 1.54) is 6.07 Å². The van der Waals surface area contributed by atoms with Gasteiger partial charge in [0, 0.05) is 5.56 Å². The van der Waals surface area contributed by atoms with Gasteiger partial charge in [0.15, 0.2) is 24.0 Å². The van der Waals surface area contributed by atoms with Gasteiger partial charge in [-0.3, -0.25) is 4.79 Å². The first-order valence-electron chi connectivity index (χ1n) is 6.15. The van der Waals surface area contributed by atoms with Crippen LogP contribution in [0.2, 0.25) is 0 Å². The summed E-state index contributed by atoms with van der Waals surface area (Å²) in [6, 6.07) is 8.53. The Hall–Kier alpha value is -2.23. The van der Waals surface area contributed by atoms with E-state index in [9.17, 15) is 13.6 Å². The molecule has 0 amide bonds. The molecule has 104 valence electrons. The van der Waals surface area contributed by atoms with Crippen molar-refractivity contribution in [3.05, 3.63) is 64.7 Å². The number of carbonyl (C=O) groups excluding carboxylic acids is 1. The predicted molar refractivity (Wildman–Crippen MR) is 72.1 cm³/mol. The minimum absolute atomic E-state index is 0.0905. The molecule has 20 heavy (non-hydrogen) atoms. The number of rotatable bonds is 4. The summed E-state index contributed by atoms with van der Waals surface area (Å²) in [6.45, 7) is 3.71. The third kappa shape index (κ3) is 3.20. The molecule has 0 fully saturated rings. The summed E-state index contributed by atoms with van der Waals surface area (Å²) in [4.78, 5) is 11.8. The monoisotopic (exact) mass is 276 g/mol. The Bertz CT molecular complexity index is 651. The second-order valence-electron chi connectivity index (χ2n) is 4.59. The first-order chi connectivity index (χ1) is 9.47. The van der Waals surface area contributed by atoms with E-state index in [4.69, 9.17) is 4.74 Å². The van der Waals surface area contributed by atoms with Crippen molar-refractivity contribution in [3.63, 3.8) is 0 Å². The second-order valence-corrected chi connectivity index (χ2v) is 4.59. The largest absolute Gasteiger partial charge is 0.485 e. The number of ketones is 1. The van der Waals surface area contributed by atoms with Crippen molar-refractivity contribution in [1.29, 1.82) is 0 Å². The zero-order valence-electron chi connectivity index (χ0n) is 11.2. The maximum absolute atomic E-state index is 13.0. The Balaban J connectivity index is 2.04. The van der Waals surface area contributed by atoms with Gasteiger partial charge in [-0.1, -0.05) is 6.07 Å². The lowest BCUT2D eigenvalue weighted by atomic mass is 10.1. The molecule has 4 heteroatoms. The molecule has 2 aromatic carbocycles. The average Bonchev–Trinajstić information content (AvgIpc) is 2.43. The molecule has 0 aliphatic heterocycles. The van der Waals surface area contributed by atoms with Crippen molar-refractivity contribution in [2.24, 2.45) is 0 Å². The molecular weight excluding hydrogens is 262 g/mol. The van der Waals surface area contributed by atoms with Gasteiger partial charge in [0.25, 0.3) is 0 Å². The van der Waals surface area contributed by atoms with E-state index in [2.05, 4.69) is 0 Å². The number of hydrogen-bond donors (Lipinski definition) is 0. The van der Waals surface area contributed by atoms with Gasteiger partial charge in [-0.15, -0.1) is 0 Å². The molecule has 0 aliphatic carbocycles. The normalized spacial score (nSPS) is 10.4. The van der Waals surface area contributed by atoms with E-state index in [1.807, 2.05) is 26.0 Å². The molecule has 0 spiro atoms. The van der Waals surface area contributed by atoms with Crippen LogP contribution in [0.1, 0.15) is 21.5 Å². The average molecular weight is 276 g/mol. The van der Waals surface area contributed by atoms with Crippen LogP contribution in [0, 0.1) is 25.5 Å². The summed E-state index contributed by atoms with van der Waals surface area (Å²) in [5.41, 5.74) is 2.28. The summed E-state index contributed by atoms with van der Waals surface area (Å²) < 4.78 is 31.2. The Morgan fingerprint density at radius 2 is 1.75 bits per heavy atom. The van der Waals surface area contributed by atoms with E-state index < -0.39 is 17.4 Å². The van der Waals surface area contributed by atoms with Gasteiger partial charge in [0.1, 0.15) is 5.75 Å². The molecule has 0 aromatic heterocycles. The number of halogens is 2.